The Morgan fingerprint density at radius 3 is 3.17 bits per heavy atom. The molecule has 5 heteroatoms. The van der Waals surface area contributed by atoms with Gasteiger partial charge in [-0.05, 0) is 6.42 Å². The molecule has 0 aromatic carbocycles. The molecule has 0 saturated carbocycles. The average Bonchev–Trinajstić information content (AvgIpc) is 2.52. The first-order valence-corrected chi connectivity index (χ1v) is 3.92. The van der Waals surface area contributed by atoms with Gasteiger partial charge in [-0.3, -0.25) is 4.79 Å². The van der Waals surface area contributed by atoms with Crippen LogP contribution in [0, 0.1) is 0 Å². The van der Waals surface area contributed by atoms with Gasteiger partial charge in [0.05, 0.1) is 6.33 Å². The molecule has 1 amide bonds. The highest BCUT2D eigenvalue weighted by atomic mass is 16.2. The number of carbonyl (C=O) groups is 1. The monoisotopic (exact) mass is 166 g/mol. The molecule has 1 aliphatic rings. The van der Waals surface area contributed by atoms with Gasteiger partial charge in [0.2, 0.25) is 0 Å². The van der Waals surface area contributed by atoms with Gasteiger partial charge in [-0.25, -0.2) is 4.98 Å². The second-order valence-corrected chi connectivity index (χ2v) is 2.70. The fourth-order valence-corrected chi connectivity index (χ4v) is 1.21. The fraction of sp³-hybridized carbons (Fsp3) is 0.429. The maximum Gasteiger partial charge on any atom is 0.273 e. The highest BCUT2D eigenvalue weighted by Gasteiger charge is 2.23. The number of anilines is 1. The predicted molar refractivity (Wildman–Crippen MR) is 43.8 cm³/mol. The summed E-state index contributed by atoms with van der Waals surface area (Å²) in [5.74, 6) is 0.554. The molecular formula is C7H10N4O. The van der Waals surface area contributed by atoms with Crippen LogP contribution in [-0.2, 0) is 0 Å². The van der Waals surface area contributed by atoms with E-state index in [-0.39, 0.29) is 12.1 Å². The predicted octanol–water partition coefficient (Wildman–Crippen LogP) is 0.301. The van der Waals surface area contributed by atoms with Crippen molar-refractivity contribution in [2.45, 2.75) is 19.5 Å². The Morgan fingerprint density at radius 2 is 2.42 bits per heavy atom. The molecule has 0 radical (unpaired) electrons. The summed E-state index contributed by atoms with van der Waals surface area (Å²) >= 11 is 0. The third-order valence-corrected chi connectivity index (χ3v) is 1.89. The molecular weight excluding hydrogens is 156 g/mol. The molecule has 1 atom stereocenters. The van der Waals surface area contributed by atoms with Crippen LogP contribution in [0.25, 0.3) is 0 Å². The molecule has 0 spiro atoms. The van der Waals surface area contributed by atoms with Crippen LogP contribution in [-0.4, -0.2) is 22.0 Å². The Kier molecular flexibility index (Phi) is 1.49. The number of amides is 1. The van der Waals surface area contributed by atoms with E-state index in [2.05, 4.69) is 20.6 Å². The Bertz CT molecular complexity index is 306. The number of nitrogens with zero attached hydrogens (tertiary/aromatic N) is 1. The first-order chi connectivity index (χ1) is 5.81. The summed E-state index contributed by atoms with van der Waals surface area (Å²) in [5, 5.41) is 5.87. The van der Waals surface area contributed by atoms with Gasteiger partial charge in [0.1, 0.15) is 11.9 Å². The lowest BCUT2D eigenvalue weighted by atomic mass is 10.2. The molecule has 0 aliphatic carbocycles. The van der Waals surface area contributed by atoms with Gasteiger partial charge in [-0.15, -0.1) is 0 Å². The van der Waals surface area contributed by atoms with Gasteiger partial charge in [0.15, 0.2) is 5.82 Å². The zero-order valence-electron chi connectivity index (χ0n) is 6.72. The van der Waals surface area contributed by atoms with E-state index in [9.17, 15) is 4.79 Å². The molecule has 0 bridgehead atoms. The molecule has 1 aromatic heterocycles. The molecule has 1 aromatic rings. The summed E-state index contributed by atoms with van der Waals surface area (Å²) < 4.78 is 0. The Hall–Kier alpha value is -1.52. The van der Waals surface area contributed by atoms with Crippen LogP contribution in [0.15, 0.2) is 6.33 Å². The van der Waals surface area contributed by atoms with E-state index in [0.29, 0.717) is 11.5 Å². The first kappa shape index (κ1) is 7.15. The van der Waals surface area contributed by atoms with Crippen LogP contribution in [0.1, 0.15) is 23.8 Å². The number of carbonyl (C=O) groups excluding carboxylic acids is 1. The highest BCUT2D eigenvalue weighted by Crippen LogP contribution is 2.15. The van der Waals surface area contributed by atoms with E-state index in [1.165, 1.54) is 6.33 Å². The van der Waals surface area contributed by atoms with Crippen molar-refractivity contribution in [3.63, 3.8) is 0 Å². The molecule has 0 fully saturated rings. The molecule has 2 rings (SSSR count). The smallest absolute Gasteiger partial charge is 0.273 e. The van der Waals surface area contributed by atoms with Crippen LogP contribution in [0.2, 0.25) is 0 Å². The average molecular weight is 166 g/mol. The minimum absolute atomic E-state index is 0.00769. The Balaban J connectivity index is 2.32. The molecule has 3 N–H and O–H groups in total. The number of aromatic amines is 1. The maximum absolute atomic E-state index is 11.3. The second kappa shape index (κ2) is 2.51. The van der Waals surface area contributed by atoms with E-state index in [0.717, 1.165) is 6.42 Å². The number of hydrogen-bond acceptors (Lipinski definition) is 3. The number of imidazole rings is 1. The number of aromatic nitrogens is 2. The molecule has 12 heavy (non-hydrogen) atoms. The van der Waals surface area contributed by atoms with Crippen molar-refractivity contribution in [2.24, 2.45) is 0 Å². The number of nitrogens with one attached hydrogen (secondary N) is 3. The van der Waals surface area contributed by atoms with Gasteiger partial charge in [-0.1, -0.05) is 6.92 Å². The number of H-pyrrole nitrogens is 1. The summed E-state index contributed by atoms with van der Waals surface area (Å²) in [7, 11) is 0. The Morgan fingerprint density at radius 1 is 1.58 bits per heavy atom. The number of fused-ring (bicyclic) bond motifs is 1. The molecule has 1 aliphatic heterocycles. The first-order valence-electron chi connectivity index (χ1n) is 3.92. The zero-order valence-corrected chi connectivity index (χ0v) is 6.72. The summed E-state index contributed by atoms with van der Waals surface area (Å²) in [6.45, 7) is 2.00. The van der Waals surface area contributed by atoms with E-state index in [4.69, 9.17) is 0 Å². The lowest BCUT2D eigenvalue weighted by Gasteiger charge is -2.23. The lowest BCUT2D eigenvalue weighted by molar-refractivity contribution is 0.0930. The molecule has 2 heterocycles. The van der Waals surface area contributed by atoms with Crippen molar-refractivity contribution in [1.82, 2.24) is 15.3 Å². The van der Waals surface area contributed by atoms with E-state index < -0.39 is 0 Å². The van der Waals surface area contributed by atoms with Crippen molar-refractivity contribution >= 4 is 11.7 Å². The normalized spacial score (nSPS) is 21.1. The minimum Gasteiger partial charge on any atom is -0.348 e. The molecule has 0 saturated heterocycles. The molecule has 64 valence electrons. The van der Waals surface area contributed by atoms with Crippen LogP contribution < -0.4 is 10.6 Å². The van der Waals surface area contributed by atoms with Crippen molar-refractivity contribution in [1.29, 1.82) is 0 Å². The van der Waals surface area contributed by atoms with E-state index in [1.807, 2.05) is 6.92 Å². The van der Waals surface area contributed by atoms with Gasteiger partial charge < -0.3 is 15.6 Å². The van der Waals surface area contributed by atoms with Gasteiger partial charge in [0.25, 0.3) is 5.91 Å². The zero-order chi connectivity index (χ0) is 8.55. The van der Waals surface area contributed by atoms with Crippen molar-refractivity contribution in [3.05, 3.63) is 12.0 Å². The van der Waals surface area contributed by atoms with E-state index in [1.54, 1.807) is 0 Å². The second-order valence-electron chi connectivity index (χ2n) is 2.70. The Labute approximate surface area is 69.6 Å². The maximum atomic E-state index is 11.3. The quantitative estimate of drug-likeness (QED) is 0.562. The third-order valence-electron chi connectivity index (χ3n) is 1.89. The minimum atomic E-state index is -0.0897. The van der Waals surface area contributed by atoms with Crippen LogP contribution in [0.4, 0.5) is 5.82 Å². The summed E-state index contributed by atoms with van der Waals surface area (Å²) in [4.78, 5) is 18.0. The summed E-state index contributed by atoms with van der Waals surface area (Å²) in [5.41, 5.74) is 0.514. The van der Waals surface area contributed by atoms with Gasteiger partial charge in [0, 0.05) is 0 Å². The van der Waals surface area contributed by atoms with Gasteiger partial charge in [-0.2, -0.15) is 0 Å². The SMILES string of the molecule is CCC1NC(=O)c2[nH]cnc2N1. The van der Waals surface area contributed by atoms with Crippen molar-refractivity contribution < 1.29 is 4.79 Å². The summed E-state index contributed by atoms with van der Waals surface area (Å²) in [6, 6.07) is 0. The van der Waals surface area contributed by atoms with Crippen molar-refractivity contribution in [3.8, 4) is 0 Å². The number of hydrogen-bond donors (Lipinski definition) is 3. The fourth-order valence-electron chi connectivity index (χ4n) is 1.21. The van der Waals surface area contributed by atoms with Crippen LogP contribution >= 0.6 is 0 Å². The lowest BCUT2D eigenvalue weighted by Crippen LogP contribution is -2.44. The largest absolute Gasteiger partial charge is 0.348 e. The van der Waals surface area contributed by atoms with Crippen LogP contribution in [0.3, 0.4) is 0 Å². The molecule has 5 nitrogen and oxygen atoms in total. The standard InChI is InChI=1S/C7H10N4O/c1-2-4-10-6-5(7(12)11-4)8-3-9-6/h3-4,10H,2H2,1H3,(H,8,9)(H,11,12). The van der Waals surface area contributed by atoms with Crippen LogP contribution in [0.5, 0.6) is 0 Å². The topological polar surface area (TPSA) is 69.8 Å². The summed E-state index contributed by atoms with van der Waals surface area (Å²) in [6.07, 6.45) is 2.36. The van der Waals surface area contributed by atoms with E-state index >= 15 is 0 Å². The van der Waals surface area contributed by atoms with Gasteiger partial charge >= 0.3 is 0 Å². The third kappa shape index (κ3) is 0.939. The highest BCUT2D eigenvalue weighted by molar-refractivity contribution is 5.98. The number of rotatable bonds is 1. The molecule has 1 unspecified atom stereocenters. The van der Waals surface area contributed by atoms with Crippen molar-refractivity contribution in [2.75, 3.05) is 5.32 Å².